The third-order valence-electron chi connectivity index (χ3n) is 3.78. The summed E-state index contributed by atoms with van der Waals surface area (Å²) in [6, 6.07) is 13.1. The summed E-state index contributed by atoms with van der Waals surface area (Å²) in [4.78, 5) is 14.2. The second-order valence-corrected chi connectivity index (χ2v) is 8.23. The number of hydrogen-bond acceptors (Lipinski definition) is 5. The maximum absolute atomic E-state index is 12.7. The second kappa shape index (κ2) is 10.3. The van der Waals surface area contributed by atoms with Gasteiger partial charge < -0.3 is 19.1 Å². The van der Waals surface area contributed by atoms with Crippen LogP contribution >= 0.6 is 11.6 Å². The smallest absolute Gasteiger partial charge is 0.322 e. The van der Waals surface area contributed by atoms with Crippen molar-refractivity contribution in [1.82, 2.24) is 4.90 Å². The number of rotatable bonds is 9. The Morgan fingerprint density at radius 3 is 2.61 bits per heavy atom. The minimum Gasteiger partial charge on any atom is -0.383 e. The van der Waals surface area contributed by atoms with Gasteiger partial charge in [0, 0.05) is 30.9 Å². The lowest BCUT2D eigenvalue weighted by atomic mass is 10.2. The maximum Gasteiger partial charge on any atom is 0.322 e. The number of carbonyl (C=O) groups is 1. The van der Waals surface area contributed by atoms with Gasteiger partial charge in [-0.2, -0.15) is 8.42 Å². The normalized spacial score (nSPS) is 11.1. The van der Waals surface area contributed by atoms with E-state index in [2.05, 4.69) is 5.32 Å². The molecular weight excluding hydrogens is 404 g/mol. The van der Waals surface area contributed by atoms with Crippen molar-refractivity contribution in [2.24, 2.45) is 0 Å². The van der Waals surface area contributed by atoms with Crippen LogP contribution in [0.4, 0.5) is 10.5 Å². The average molecular weight is 427 g/mol. The van der Waals surface area contributed by atoms with Crippen LogP contribution in [-0.2, 0) is 21.4 Å². The Balaban J connectivity index is 2.14. The number of nitrogens with zero attached hydrogens (tertiary/aromatic N) is 1. The number of hydrogen-bond donors (Lipinski definition) is 1. The molecule has 0 fully saturated rings. The van der Waals surface area contributed by atoms with Crippen LogP contribution in [0.2, 0.25) is 5.02 Å². The molecule has 0 radical (unpaired) electrons. The van der Waals surface area contributed by atoms with Crippen molar-refractivity contribution >= 4 is 33.4 Å². The lowest BCUT2D eigenvalue weighted by molar-refractivity contribution is 0.153. The van der Waals surface area contributed by atoms with Gasteiger partial charge >= 0.3 is 16.1 Å². The van der Waals surface area contributed by atoms with Crippen LogP contribution in [-0.4, -0.2) is 45.4 Å². The molecule has 0 saturated heterocycles. The van der Waals surface area contributed by atoms with Gasteiger partial charge in [-0.3, -0.25) is 0 Å². The average Bonchev–Trinajstić information content (AvgIpc) is 2.65. The summed E-state index contributed by atoms with van der Waals surface area (Å²) in [5, 5.41) is 3.31. The highest BCUT2D eigenvalue weighted by atomic mass is 35.5. The number of halogens is 1. The van der Waals surface area contributed by atoms with Crippen LogP contribution in [0.3, 0.4) is 0 Å². The number of amides is 2. The standard InChI is InChI=1S/C19H23ClN2O5S/c1-3-28(24,25)27-18-9-4-6-15(12-18)14-22(10-11-26-2)19(23)21-17-8-5-7-16(20)13-17/h4-9,12-13H,3,10-11,14H2,1-2H3,(H,21,23). The van der Waals surface area contributed by atoms with Crippen molar-refractivity contribution in [3.63, 3.8) is 0 Å². The van der Waals surface area contributed by atoms with E-state index in [0.717, 1.165) is 5.56 Å². The first-order valence-corrected chi connectivity index (χ1v) is 10.6. The Morgan fingerprint density at radius 2 is 1.93 bits per heavy atom. The van der Waals surface area contributed by atoms with Gasteiger partial charge in [0.05, 0.1) is 12.4 Å². The summed E-state index contributed by atoms with van der Waals surface area (Å²) >= 11 is 5.96. The van der Waals surface area contributed by atoms with Gasteiger partial charge in [-0.1, -0.05) is 29.8 Å². The predicted octanol–water partition coefficient (Wildman–Crippen LogP) is 3.75. The fourth-order valence-corrected chi connectivity index (χ4v) is 3.05. The molecule has 7 nitrogen and oxygen atoms in total. The van der Waals surface area contributed by atoms with Crippen LogP contribution in [0, 0.1) is 0 Å². The SMILES string of the molecule is CCS(=O)(=O)Oc1cccc(CN(CCOC)C(=O)Nc2cccc(Cl)c2)c1. The molecule has 28 heavy (non-hydrogen) atoms. The largest absolute Gasteiger partial charge is 0.383 e. The number of carbonyl (C=O) groups excluding carboxylic acids is 1. The van der Waals surface area contributed by atoms with Crippen molar-refractivity contribution in [3.05, 3.63) is 59.1 Å². The number of anilines is 1. The van der Waals surface area contributed by atoms with E-state index in [1.54, 1.807) is 60.5 Å². The molecule has 0 aliphatic rings. The minimum atomic E-state index is -3.62. The fourth-order valence-electron chi connectivity index (χ4n) is 2.34. The molecule has 0 aromatic heterocycles. The molecule has 0 heterocycles. The van der Waals surface area contributed by atoms with Crippen LogP contribution in [0.5, 0.6) is 5.75 Å². The number of urea groups is 1. The molecule has 2 amide bonds. The van der Waals surface area contributed by atoms with Crippen LogP contribution < -0.4 is 9.50 Å². The summed E-state index contributed by atoms with van der Waals surface area (Å²) < 4.78 is 33.4. The zero-order valence-electron chi connectivity index (χ0n) is 15.7. The topological polar surface area (TPSA) is 84.9 Å². The number of methoxy groups -OCH3 is 1. The fraction of sp³-hybridized carbons (Fsp3) is 0.316. The third-order valence-corrected chi connectivity index (χ3v) is 5.17. The van der Waals surface area contributed by atoms with Crippen LogP contribution in [0.1, 0.15) is 12.5 Å². The van der Waals surface area contributed by atoms with Gasteiger partial charge in [0.2, 0.25) is 0 Å². The highest BCUT2D eigenvalue weighted by Gasteiger charge is 2.16. The van der Waals surface area contributed by atoms with Gasteiger partial charge in [0.25, 0.3) is 0 Å². The van der Waals surface area contributed by atoms with E-state index < -0.39 is 10.1 Å². The third kappa shape index (κ3) is 7.03. The van der Waals surface area contributed by atoms with Gasteiger partial charge in [0.1, 0.15) is 5.75 Å². The van der Waals surface area contributed by atoms with Crippen molar-refractivity contribution in [2.45, 2.75) is 13.5 Å². The molecule has 2 aromatic carbocycles. The van der Waals surface area contributed by atoms with E-state index in [9.17, 15) is 13.2 Å². The number of benzene rings is 2. The predicted molar refractivity (Wildman–Crippen MR) is 109 cm³/mol. The van der Waals surface area contributed by atoms with Crippen molar-refractivity contribution in [3.8, 4) is 5.75 Å². The van der Waals surface area contributed by atoms with Gasteiger partial charge in [0.15, 0.2) is 0 Å². The monoisotopic (exact) mass is 426 g/mol. The maximum atomic E-state index is 12.7. The van der Waals surface area contributed by atoms with Crippen molar-refractivity contribution < 1.29 is 22.1 Å². The summed E-state index contributed by atoms with van der Waals surface area (Å²) in [6.07, 6.45) is 0. The van der Waals surface area contributed by atoms with E-state index in [0.29, 0.717) is 23.9 Å². The number of ether oxygens (including phenoxy) is 1. The molecule has 9 heteroatoms. The molecule has 2 aromatic rings. The summed E-state index contributed by atoms with van der Waals surface area (Å²) in [6.45, 7) is 2.45. The van der Waals surface area contributed by atoms with E-state index in [1.807, 2.05) is 0 Å². The number of nitrogens with one attached hydrogen (secondary N) is 1. The van der Waals surface area contributed by atoms with Crippen LogP contribution in [0.25, 0.3) is 0 Å². The molecule has 0 aliphatic heterocycles. The molecule has 0 aliphatic carbocycles. The van der Waals surface area contributed by atoms with Gasteiger partial charge in [-0.15, -0.1) is 0 Å². The van der Waals surface area contributed by atoms with E-state index in [-0.39, 0.29) is 24.1 Å². The Hall–Kier alpha value is -2.29. The summed E-state index contributed by atoms with van der Waals surface area (Å²) in [5.74, 6) is 0.0838. The second-order valence-electron chi connectivity index (χ2n) is 5.93. The molecule has 1 N–H and O–H groups in total. The molecule has 0 spiro atoms. The molecular formula is C19H23ClN2O5S. The summed E-state index contributed by atoms with van der Waals surface area (Å²) in [5.41, 5.74) is 1.30. The van der Waals surface area contributed by atoms with Crippen molar-refractivity contribution in [2.75, 3.05) is 31.3 Å². The zero-order valence-corrected chi connectivity index (χ0v) is 17.3. The first kappa shape index (κ1) is 22.0. The zero-order chi connectivity index (χ0) is 20.6. The molecule has 2 rings (SSSR count). The minimum absolute atomic E-state index is 0.126. The molecule has 0 saturated carbocycles. The Labute approximate surface area is 170 Å². The molecule has 0 atom stereocenters. The molecule has 0 unspecified atom stereocenters. The van der Waals surface area contributed by atoms with Gasteiger partial charge in [-0.25, -0.2) is 4.79 Å². The lowest BCUT2D eigenvalue weighted by Gasteiger charge is -2.23. The lowest BCUT2D eigenvalue weighted by Crippen LogP contribution is -2.36. The Kier molecular flexibility index (Phi) is 8.10. The summed E-state index contributed by atoms with van der Waals surface area (Å²) in [7, 11) is -2.07. The van der Waals surface area contributed by atoms with Crippen LogP contribution in [0.15, 0.2) is 48.5 Å². The van der Waals surface area contributed by atoms with Gasteiger partial charge in [-0.05, 0) is 42.8 Å². The Morgan fingerprint density at radius 1 is 1.18 bits per heavy atom. The molecule has 0 bridgehead atoms. The Bertz CT molecular complexity index is 905. The van der Waals surface area contributed by atoms with E-state index in [4.69, 9.17) is 20.5 Å². The first-order chi connectivity index (χ1) is 13.3. The highest BCUT2D eigenvalue weighted by Crippen LogP contribution is 2.19. The highest BCUT2D eigenvalue weighted by molar-refractivity contribution is 7.87. The first-order valence-electron chi connectivity index (χ1n) is 8.64. The van der Waals surface area contributed by atoms with E-state index >= 15 is 0 Å². The quantitative estimate of drug-likeness (QED) is 0.617. The van der Waals surface area contributed by atoms with E-state index in [1.165, 1.54) is 6.92 Å². The molecule has 152 valence electrons. The van der Waals surface area contributed by atoms with Crippen molar-refractivity contribution in [1.29, 1.82) is 0 Å².